The van der Waals surface area contributed by atoms with Gasteiger partial charge in [0.1, 0.15) is 5.82 Å². The number of pyridine rings is 2. The van der Waals surface area contributed by atoms with E-state index in [1.807, 2.05) is 24.3 Å². The van der Waals surface area contributed by atoms with Crippen molar-refractivity contribution in [2.24, 2.45) is 0 Å². The van der Waals surface area contributed by atoms with E-state index in [0.29, 0.717) is 18.1 Å². The van der Waals surface area contributed by atoms with E-state index in [1.165, 1.54) is 11.8 Å². The van der Waals surface area contributed by atoms with Crippen molar-refractivity contribution in [1.82, 2.24) is 15.3 Å². The predicted octanol–water partition coefficient (Wildman–Crippen LogP) is 1.47. The average molecular weight is 274 g/mol. The SMILES string of the molecule is Nc1ncccc1CNC(=O)CSc1ccccn1. The molecule has 0 saturated heterocycles. The van der Waals surface area contributed by atoms with Crippen LogP contribution in [0.4, 0.5) is 5.82 Å². The summed E-state index contributed by atoms with van der Waals surface area (Å²) in [4.78, 5) is 19.8. The Hall–Kier alpha value is -2.08. The second-order valence-electron chi connectivity index (χ2n) is 3.78. The first-order valence-electron chi connectivity index (χ1n) is 5.75. The van der Waals surface area contributed by atoms with Crippen molar-refractivity contribution >= 4 is 23.5 Å². The Balaban J connectivity index is 1.78. The van der Waals surface area contributed by atoms with Gasteiger partial charge >= 0.3 is 0 Å². The zero-order chi connectivity index (χ0) is 13.5. The Morgan fingerprint density at radius 1 is 1.21 bits per heavy atom. The first-order chi connectivity index (χ1) is 9.25. The Morgan fingerprint density at radius 2 is 2.05 bits per heavy atom. The molecule has 1 amide bonds. The number of nitrogen functional groups attached to an aromatic ring is 1. The summed E-state index contributed by atoms with van der Waals surface area (Å²) in [6.45, 7) is 0.390. The van der Waals surface area contributed by atoms with Gasteiger partial charge in [0.15, 0.2) is 0 Å². The monoisotopic (exact) mass is 274 g/mol. The summed E-state index contributed by atoms with van der Waals surface area (Å²) in [6, 6.07) is 9.24. The fourth-order valence-electron chi connectivity index (χ4n) is 1.42. The zero-order valence-electron chi connectivity index (χ0n) is 10.2. The molecule has 0 bridgehead atoms. The molecular formula is C13H14N4OS. The van der Waals surface area contributed by atoms with Gasteiger partial charge in [-0.05, 0) is 18.2 Å². The molecule has 3 N–H and O–H groups in total. The van der Waals surface area contributed by atoms with Gasteiger partial charge in [0, 0.05) is 24.5 Å². The summed E-state index contributed by atoms with van der Waals surface area (Å²) >= 11 is 1.40. The highest BCUT2D eigenvalue weighted by Gasteiger charge is 2.05. The largest absolute Gasteiger partial charge is 0.383 e. The molecule has 2 aromatic heterocycles. The minimum atomic E-state index is -0.0566. The smallest absolute Gasteiger partial charge is 0.230 e. The van der Waals surface area contributed by atoms with E-state index >= 15 is 0 Å². The van der Waals surface area contributed by atoms with Crippen LogP contribution in [0, 0.1) is 0 Å². The van der Waals surface area contributed by atoms with Gasteiger partial charge in [0.2, 0.25) is 5.91 Å². The van der Waals surface area contributed by atoms with Crippen LogP contribution < -0.4 is 11.1 Å². The maximum Gasteiger partial charge on any atom is 0.230 e. The molecule has 98 valence electrons. The van der Waals surface area contributed by atoms with Gasteiger partial charge < -0.3 is 11.1 Å². The van der Waals surface area contributed by atoms with Crippen LogP contribution in [0.5, 0.6) is 0 Å². The standard InChI is InChI=1S/C13H14N4OS/c14-13-10(4-3-7-16-13)8-17-11(18)9-19-12-5-1-2-6-15-12/h1-7H,8-9H2,(H2,14,16)(H,17,18). The number of carbonyl (C=O) groups is 1. The highest BCUT2D eigenvalue weighted by atomic mass is 32.2. The number of nitrogens with zero attached hydrogens (tertiary/aromatic N) is 2. The minimum Gasteiger partial charge on any atom is -0.383 e. The van der Waals surface area contributed by atoms with E-state index in [0.717, 1.165) is 10.6 Å². The first-order valence-corrected chi connectivity index (χ1v) is 6.74. The normalized spacial score (nSPS) is 10.1. The third kappa shape index (κ3) is 4.26. The Bertz CT molecular complexity index is 547. The van der Waals surface area contributed by atoms with Crippen molar-refractivity contribution in [2.45, 2.75) is 11.6 Å². The molecule has 19 heavy (non-hydrogen) atoms. The van der Waals surface area contributed by atoms with Gasteiger partial charge in [0.25, 0.3) is 0 Å². The molecule has 0 unspecified atom stereocenters. The third-order valence-electron chi connectivity index (χ3n) is 2.39. The van der Waals surface area contributed by atoms with E-state index < -0.39 is 0 Å². The quantitative estimate of drug-likeness (QED) is 0.807. The van der Waals surface area contributed by atoms with Crippen LogP contribution in [-0.4, -0.2) is 21.6 Å². The Kier molecular flexibility index (Phi) is 4.74. The van der Waals surface area contributed by atoms with Crippen LogP contribution in [0.15, 0.2) is 47.8 Å². The molecule has 0 aliphatic carbocycles. The fourth-order valence-corrected chi connectivity index (χ4v) is 2.11. The maximum atomic E-state index is 11.7. The molecule has 6 heteroatoms. The van der Waals surface area contributed by atoms with Gasteiger partial charge in [0.05, 0.1) is 10.8 Å². The van der Waals surface area contributed by atoms with Gasteiger partial charge in [-0.2, -0.15) is 0 Å². The molecule has 0 fully saturated rings. The second kappa shape index (κ2) is 6.75. The second-order valence-corrected chi connectivity index (χ2v) is 4.78. The molecule has 0 aliphatic heterocycles. The summed E-state index contributed by atoms with van der Waals surface area (Å²) in [6.07, 6.45) is 3.33. The number of amides is 1. The molecular weight excluding hydrogens is 260 g/mol. The zero-order valence-corrected chi connectivity index (χ0v) is 11.1. The molecule has 0 saturated carbocycles. The van der Waals surface area contributed by atoms with Crippen LogP contribution >= 0.6 is 11.8 Å². The number of rotatable bonds is 5. The van der Waals surface area contributed by atoms with Crippen molar-refractivity contribution in [3.63, 3.8) is 0 Å². The molecule has 0 spiro atoms. The van der Waals surface area contributed by atoms with E-state index in [-0.39, 0.29) is 5.91 Å². The summed E-state index contributed by atoms with van der Waals surface area (Å²) in [5, 5.41) is 3.63. The lowest BCUT2D eigenvalue weighted by Gasteiger charge is -2.06. The third-order valence-corrected chi connectivity index (χ3v) is 3.33. The fraction of sp³-hybridized carbons (Fsp3) is 0.154. The lowest BCUT2D eigenvalue weighted by atomic mass is 10.2. The molecule has 0 radical (unpaired) electrons. The van der Waals surface area contributed by atoms with Crippen LogP contribution in [0.1, 0.15) is 5.56 Å². The molecule has 5 nitrogen and oxygen atoms in total. The topological polar surface area (TPSA) is 80.9 Å². The number of carbonyl (C=O) groups excluding carboxylic acids is 1. The van der Waals surface area contributed by atoms with Crippen molar-refractivity contribution in [1.29, 1.82) is 0 Å². The number of nitrogens with one attached hydrogen (secondary N) is 1. The first kappa shape index (κ1) is 13.4. The highest BCUT2D eigenvalue weighted by Crippen LogP contribution is 2.13. The van der Waals surface area contributed by atoms with Crippen molar-refractivity contribution < 1.29 is 4.79 Å². The molecule has 2 aromatic rings. The predicted molar refractivity (Wildman–Crippen MR) is 75.5 cm³/mol. The van der Waals surface area contributed by atoms with Gasteiger partial charge in [-0.1, -0.05) is 23.9 Å². The number of aromatic nitrogens is 2. The van der Waals surface area contributed by atoms with E-state index in [2.05, 4.69) is 15.3 Å². The van der Waals surface area contributed by atoms with Crippen LogP contribution in [0.2, 0.25) is 0 Å². The van der Waals surface area contributed by atoms with E-state index in [9.17, 15) is 4.79 Å². The number of thioether (sulfide) groups is 1. The van der Waals surface area contributed by atoms with E-state index in [1.54, 1.807) is 18.5 Å². The maximum absolute atomic E-state index is 11.7. The average Bonchev–Trinajstić information content (AvgIpc) is 2.45. The van der Waals surface area contributed by atoms with Crippen molar-refractivity contribution in [2.75, 3.05) is 11.5 Å². The van der Waals surface area contributed by atoms with Crippen molar-refractivity contribution in [3.05, 3.63) is 48.3 Å². The van der Waals surface area contributed by atoms with Crippen LogP contribution in [0.25, 0.3) is 0 Å². The summed E-state index contributed by atoms with van der Waals surface area (Å²) in [5.41, 5.74) is 6.51. The molecule has 0 aromatic carbocycles. The Morgan fingerprint density at radius 3 is 2.79 bits per heavy atom. The molecule has 2 heterocycles. The molecule has 2 rings (SSSR count). The highest BCUT2D eigenvalue weighted by molar-refractivity contribution is 7.99. The number of anilines is 1. The molecule has 0 aliphatic rings. The van der Waals surface area contributed by atoms with Crippen LogP contribution in [0.3, 0.4) is 0 Å². The number of hydrogen-bond donors (Lipinski definition) is 2. The van der Waals surface area contributed by atoms with E-state index in [4.69, 9.17) is 5.73 Å². The lowest BCUT2D eigenvalue weighted by molar-refractivity contribution is -0.118. The van der Waals surface area contributed by atoms with Crippen LogP contribution in [-0.2, 0) is 11.3 Å². The van der Waals surface area contributed by atoms with Gasteiger partial charge in [-0.15, -0.1) is 0 Å². The minimum absolute atomic E-state index is 0.0566. The van der Waals surface area contributed by atoms with Gasteiger partial charge in [-0.3, -0.25) is 4.79 Å². The summed E-state index contributed by atoms with van der Waals surface area (Å²) < 4.78 is 0. The number of nitrogens with two attached hydrogens (primary N) is 1. The summed E-state index contributed by atoms with van der Waals surface area (Å²) in [5.74, 6) is 0.719. The Labute approximate surface area is 115 Å². The van der Waals surface area contributed by atoms with Gasteiger partial charge in [-0.25, -0.2) is 9.97 Å². The number of hydrogen-bond acceptors (Lipinski definition) is 5. The van der Waals surface area contributed by atoms with Crippen molar-refractivity contribution in [3.8, 4) is 0 Å². The summed E-state index contributed by atoms with van der Waals surface area (Å²) in [7, 11) is 0. The molecule has 0 atom stereocenters. The lowest BCUT2D eigenvalue weighted by Crippen LogP contribution is -2.25.